The van der Waals surface area contributed by atoms with Crippen LogP contribution in [0.4, 0.5) is 0 Å². The van der Waals surface area contributed by atoms with Gasteiger partial charge in [0.15, 0.2) is 0 Å². The van der Waals surface area contributed by atoms with Crippen LogP contribution in [0.15, 0.2) is 4.52 Å². The third-order valence-electron chi connectivity index (χ3n) is 4.24. The molecule has 0 amide bonds. The van der Waals surface area contributed by atoms with Gasteiger partial charge >= 0.3 is 0 Å². The third kappa shape index (κ3) is 1.86. The summed E-state index contributed by atoms with van der Waals surface area (Å²) < 4.78 is 5.42. The Balaban J connectivity index is 1.62. The Hall–Kier alpha value is -1.72. The van der Waals surface area contributed by atoms with Gasteiger partial charge in [-0.1, -0.05) is 19.0 Å². The molecule has 0 aliphatic heterocycles. The van der Waals surface area contributed by atoms with Gasteiger partial charge < -0.3 is 4.52 Å². The van der Waals surface area contributed by atoms with Crippen LogP contribution < -0.4 is 0 Å². The minimum Gasteiger partial charge on any atom is -0.338 e. The summed E-state index contributed by atoms with van der Waals surface area (Å²) in [6.45, 7) is 4.32. The maximum absolute atomic E-state index is 5.42. The molecular formula is C13H17N5O. The normalized spacial score (nSPS) is 19.9. The predicted octanol–water partition coefficient (Wildman–Crippen LogP) is 2.42. The van der Waals surface area contributed by atoms with E-state index in [9.17, 15) is 0 Å². The van der Waals surface area contributed by atoms with Gasteiger partial charge in [0.1, 0.15) is 5.82 Å². The Morgan fingerprint density at radius 1 is 1.11 bits per heavy atom. The molecule has 6 nitrogen and oxygen atoms in total. The molecule has 19 heavy (non-hydrogen) atoms. The monoisotopic (exact) mass is 259 g/mol. The van der Waals surface area contributed by atoms with Crippen LogP contribution in [0.2, 0.25) is 0 Å². The van der Waals surface area contributed by atoms with Crippen molar-refractivity contribution in [2.75, 3.05) is 0 Å². The highest BCUT2D eigenvalue weighted by atomic mass is 16.5. The molecule has 0 spiro atoms. The Labute approximate surface area is 111 Å². The Morgan fingerprint density at radius 2 is 1.89 bits per heavy atom. The third-order valence-corrected chi connectivity index (χ3v) is 4.24. The average Bonchev–Trinajstić information content (AvgIpc) is 3.31. The standard InChI is InChI=1S/C13H17N5O/c1-13(2,8-5-6-8)12-15-11(18-19-12)10-14-9(16-17-10)7-3-4-7/h7-8H,3-6H2,1-2H3,(H,14,16,17). The average molecular weight is 259 g/mol. The number of aromatic amines is 1. The number of nitrogens with zero attached hydrogens (tertiary/aromatic N) is 4. The zero-order valence-corrected chi connectivity index (χ0v) is 11.2. The van der Waals surface area contributed by atoms with Gasteiger partial charge in [-0.05, 0) is 31.6 Å². The van der Waals surface area contributed by atoms with Crippen LogP contribution in [0.5, 0.6) is 0 Å². The molecular weight excluding hydrogens is 242 g/mol. The van der Waals surface area contributed by atoms with Gasteiger partial charge in [-0.2, -0.15) is 4.98 Å². The first-order valence-corrected chi connectivity index (χ1v) is 6.91. The second kappa shape index (κ2) is 3.65. The van der Waals surface area contributed by atoms with E-state index in [1.54, 1.807) is 0 Å². The summed E-state index contributed by atoms with van der Waals surface area (Å²) >= 11 is 0. The molecule has 1 N–H and O–H groups in total. The first kappa shape index (κ1) is 11.1. The second-order valence-corrected chi connectivity index (χ2v) is 6.24. The van der Waals surface area contributed by atoms with E-state index in [0.29, 0.717) is 29.4 Å². The minimum absolute atomic E-state index is 0.0408. The van der Waals surface area contributed by atoms with Crippen molar-refractivity contribution >= 4 is 0 Å². The fraction of sp³-hybridized carbons (Fsp3) is 0.692. The summed E-state index contributed by atoms with van der Waals surface area (Å²) in [5.74, 6) is 3.89. The van der Waals surface area contributed by atoms with Crippen molar-refractivity contribution in [3.8, 4) is 11.6 Å². The molecule has 2 aliphatic rings. The van der Waals surface area contributed by atoms with Gasteiger partial charge in [-0.25, -0.2) is 4.98 Å². The van der Waals surface area contributed by atoms with E-state index in [0.717, 1.165) is 5.82 Å². The molecule has 100 valence electrons. The zero-order chi connectivity index (χ0) is 13.0. The van der Waals surface area contributed by atoms with Crippen LogP contribution in [-0.2, 0) is 5.41 Å². The molecule has 0 radical (unpaired) electrons. The number of aromatic nitrogens is 5. The van der Waals surface area contributed by atoms with E-state index in [4.69, 9.17) is 4.52 Å². The summed E-state index contributed by atoms with van der Waals surface area (Å²) in [4.78, 5) is 8.93. The predicted molar refractivity (Wildman–Crippen MR) is 67.4 cm³/mol. The maximum Gasteiger partial charge on any atom is 0.242 e. The van der Waals surface area contributed by atoms with Crippen molar-refractivity contribution in [2.45, 2.75) is 50.9 Å². The quantitative estimate of drug-likeness (QED) is 0.912. The first-order valence-electron chi connectivity index (χ1n) is 6.91. The van der Waals surface area contributed by atoms with Gasteiger partial charge in [-0.3, -0.25) is 5.10 Å². The summed E-state index contributed by atoms with van der Waals surface area (Å²) in [5, 5.41) is 11.2. The van der Waals surface area contributed by atoms with Gasteiger partial charge in [-0.15, -0.1) is 5.10 Å². The number of H-pyrrole nitrogens is 1. The minimum atomic E-state index is -0.0408. The van der Waals surface area contributed by atoms with Gasteiger partial charge in [0, 0.05) is 11.3 Å². The topological polar surface area (TPSA) is 80.5 Å². The number of hydrogen-bond acceptors (Lipinski definition) is 5. The first-order chi connectivity index (χ1) is 9.14. The molecule has 2 heterocycles. The number of hydrogen-bond donors (Lipinski definition) is 1. The molecule has 2 fully saturated rings. The fourth-order valence-corrected chi connectivity index (χ4v) is 2.47. The van der Waals surface area contributed by atoms with Crippen molar-refractivity contribution in [3.05, 3.63) is 11.7 Å². The summed E-state index contributed by atoms with van der Waals surface area (Å²) in [6, 6.07) is 0. The lowest BCUT2D eigenvalue weighted by atomic mass is 9.87. The van der Waals surface area contributed by atoms with Crippen LogP contribution in [-0.4, -0.2) is 25.3 Å². The summed E-state index contributed by atoms with van der Waals surface area (Å²) in [6.07, 6.45) is 4.88. The second-order valence-electron chi connectivity index (χ2n) is 6.24. The van der Waals surface area contributed by atoms with Crippen molar-refractivity contribution in [3.63, 3.8) is 0 Å². The molecule has 4 rings (SSSR count). The summed E-state index contributed by atoms with van der Waals surface area (Å²) in [7, 11) is 0. The van der Waals surface area contributed by atoms with E-state index < -0.39 is 0 Å². The van der Waals surface area contributed by atoms with E-state index in [1.807, 2.05) is 0 Å². The Bertz CT molecular complexity index is 606. The maximum atomic E-state index is 5.42. The van der Waals surface area contributed by atoms with Crippen LogP contribution in [0.1, 0.15) is 57.2 Å². The molecule has 0 bridgehead atoms. The number of nitrogens with one attached hydrogen (secondary N) is 1. The van der Waals surface area contributed by atoms with Crippen LogP contribution >= 0.6 is 0 Å². The van der Waals surface area contributed by atoms with Crippen molar-refractivity contribution in [1.82, 2.24) is 25.3 Å². The molecule has 6 heteroatoms. The van der Waals surface area contributed by atoms with E-state index in [2.05, 4.69) is 39.2 Å². The van der Waals surface area contributed by atoms with Crippen LogP contribution in [0, 0.1) is 5.92 Å². The Kier molecular flexibility index (Phi) is 2.14. The smallest absolute Gasteiger partial charge is 0.242 e. The molecule has 2 aliphatic carbocycles. The van der Waals surface area contributed by atoms with E-state index in [1.165, 1.54) is 25.7 Å². The molecule has 0 aromatic carbocycles. The fourth-order valence-electron chi connectivity index (χ4n) is 2.47. The Morgan fingerprint density at radius 3 is 2.58 bits per heavy atom. The van der Waals surface area contributed by atoms with Gasteiger partial charge in [0.05, 0.1) is 0 Å². The lowest BCUT2D eigenvalue weighted by molar-refractivity contribution is 0.285. The van der Waals surface area contributed by atoms with Crippen molar-refractivity contribution in [2.24, 2.45) is 5.92 Å². The van der Waals surface area contributed by atoms with Crippen molar-refractivity contribution in [1.29, 1.82) is 0 Å². The SMILES string of the molecule is CC(C)(c1nc(-c2n[nH]c(C3CC3)n2)no1)C1CC1. The van der Waals surface area contributed by atoms with E-state index >= 15 is 0 Å². The van der Waals surface area contributed by atoms with Crippen LogP contribution in [0.3, 0.4) is 0 Å². The molecule has 2 saturated carbocycles. The molecule has 0 saturated heterocycles. The van der Waals surface area contributed by atoms with Crippen LogP contribution in [0.25, 0.3) is 11.6 Å². The molecule has 0 unspecified atom stereocenters. The molecule has 2 aromatic rings. The summed E-state index contributed by atoms with van der Waals surface area (Å²) in [5.41, 5.74) is -0.0408. The largest absolute Gasteiger partial charge is 0.338 e. The van der Waals surface area contributed by atoms with Gasteiger partial charge in [0.2, 0.25) is 17.5 Å². The molecule has 0 atom stereocenters. The number of rotatable bonds is 4. The molecule has 2 aromatic heterocycles. The lowest BCUT2D eigenvalue weighted by Crippen LogP contribution is -2.20. The highest BCUT2D eigenvalue weighted by Gasteiger charge is 2.43. The lowest BCUT2D eigenvalue weighted by Gasteiger charge is -2.18. The highest BCUT2D eigenvalue weighted by Crippen LogP contribution is 2.46. The van der Waals surface area contributed by atoms with Gasteiger partial charge in [0.25, 0.3) is 0 Å². The van der Waals surface area contributed by atoms with Crippen molar-refractivity contribution < 1.29 is 4.52 Å². The highest BCUT2D eigenvalue weighted by molar-refractivity contribution is 5.41. The zero-order valence-electron chi connectivity index (χ0n) is 11.2. The van der Waals surface area contributed by atoms with E-state index in [-0.39, 0.29) is 5.41 Å².